The van der Waals surface area contributed by atoms with E-state index in [1.165, 1.54) is 167 Å². The van der Waals surface area contributed by atoms with Crippen molar-refractivity contribution in [2.45, 2.75) is 251 Å². The van der Waals surface area contributed by atoms with Crippen molar-refractivity contribution in [2.75, 3.05) is 54.1 Å². The zero-order valence-corrected chi connectivity index (χ0v) is 45.5. The first-order chi connectivity index (χ1) is 32.6. The van der Waals surface area contributed by atoms with Gasteiger partial charge in [0.05, 0.1) is 34.4 Å². The molecule has 2 unspecified atom stereocenters. The fourth-order valence-corrected chi connectivity index (χ4v) is 8.45. The second-order valence-corrected chi connectivity index (χ2v) is 21.4. The van der Waals surface area contributed by atoms with Crippen LogP contribution in [0.25, 0.3) is 0 Å². The van der Waals surface area contributed by atoms with Crippen LogP contribution in [0.5, 0.6) is 0 Å². The first kappa shape index (κ1) is 65.2. The molecule has 0 aliphatic carbocycles. The highest BCUT2D eigenvalue weighted by molar-refractivity contribution is 7.47. The maximum Gasteiger partial charge on any atom is 0.472 e. The molecule has 0 aromatic carbocycles. The minimum absolute atomic E-state index is 0.0842. The molecule has 0 saturated heterocycles. The average Bonchev–Trinajstić information content (AvgIpc) is 3.29. The first-order valence-electron chi connectivity index (χ1n) is 28.0. The largest absolute Gasteiger partial charge is 0.472 e. The van der Waals surface area contributed by atoms with Gasteiger partial charge in [-0.2, -0.15) is 0 Å². The van der Waals surface area contributed by atoms with Crippen molar-refractivity contribution in [3.8, 4) is 0 Å². The lowest BCUT2D eigenvalue weighted by molar-refractivity contribution is -0.870. The molecule has 0 heterocycles. The van der Waals surface area contributed by atoms with E-state index in [4.69, 9.17) is 18.5 Å². The zero-order chi connectivity index (χ0) is 49.0. The van der Waals surface area contributed by atoms with Crippen LogP contribution >= 0.6 is 7.82 Å². The van der Waals surface area contributed by atoms with Gasteiger partial charge in [-0.3, -0.25) is 13.8 Å². The molecule has 0 bridgehead atoms. The molecular weight excluding hydrogens is 854 g/mol. The summed E-state index contributed by atoms with van der Waals surface area (Å²) in [4.78, 5) is 23.1. The molecule has 0 saturated carbocycles. The normalized spacial score (nSPS) is 13.9. The van der Waals surface area contributed by atoms with Gasteiger partial charge < -0.3 is 18.9 Å². The predicted molar refractivity (Wildman–Crippen MR) is 289 cm³/mol. The minimum atomic E-state index is -4.29. The third-order valence-corrected chi connectivity index (χ3v) is 13.0. The highest BCUT2D eigenvalue weighted by Gasteiger charge is 2.26. The molecule has 67 heavy (non-hydrogen) atoms. The number of ether oxygens (including phenoxy) is 2. The van der Waals surface area contributed by atoms with Crippen LogP contribution in [0.2, 0.25) is 0 Å². The van der Waals surface area contributed by atoms with Crippen LogP contribution in [0, 0.1) is 0 Å². The molecule has 8 nitrogen and oxygen atoms in total. The maximum absolute atomic E-state index is 12.8. The summed E-state index contributed by atoms with van der Waals surface area (Å²) < 4.78 is 35.2. The van der Waals surface area contributed by atoms with Gasteiger partial charge in [-0.25, -0.2) is 4.57 Å². The Balaban J connectivity index is 4.13. The number of hydrogen-bond donors (Lipinski definition) is 1. The molecule has 0 spiro atoms. The lowest BCUT2D eigenvalue weighted by Crippen LogP contribution is -2.37. The second kappa shape index (κ2) is 50.6. The molecule has 0 aromatic rings. The molecule has 0 fully saturated rings. The van der Waals surface area contributed by atoms with Crippen molar-refractivity contribution in [1.82, 2.24) is 0 Å². The van der Waals surface area contributed by atoms with Crippen molar-refractivity contribution < 1.29 is 37.3 Å². The predicted octanol–water partition coefficient (Wildman–Crippen LogP) is 17.6. The molecule has 392 valence electrons. The fraction of sp³-hybridized carbons (Fsp3) is 0.810. The number of hydrogen-bond acceptors (Lipinski definition) is 6. The highest BCUT2D eigenvalue weighted by Crippen LogP contribution is 2.43. The Kier molecular flexibility index (Phi) is 49.2. The van der Waals surface area contributed by atoms with Crippen LogP contribution in [0.1, 0.15) is 245 Å². The van der Waals surface area contributed by atoms with E-state index in [0.717, 1.165) is 57.8 Å². The summed E-state index contributed by atoms with van der Waals surface area (Å²) in [7, 11) is 1.66. The lowest BCUT2D eigenvalue weighted by Gasteiger charge is -2.24. The third kappa shape index (κ3) is 55.0. The minimum Gasteiger partial charge on any atom is -0.457 e. The Hall–Kier alpha value is -1.80. The van der Waals surface area contributed by atoms with E-state index < -0.39 is 13.9 Å². The number of nitrogens with zero attached hydrogens (tertiary/aromatic N) is 1. The van der Waals surface area contributed by atoms with E-state index in [0.29, 0.717) is 24.1 Å². The first-order valence-corrected chi connectivity index (χ1v) is 29.5. The number of carbonyl (C=O) groups is 1. The van der Waals surface area contributed by atoms with Crippen LogP contribution in [-0.2, 0) is 27.9 Å². The molecule has 0 radical (unpaired) electrons. The average molecular weight is 963 g/mol. The molecule has 1 N–H and O–H groups in total. The van der Waals surface area contributed by atoms with E-state index in [1.54, 1.807) is 0 Å². The molecule has 0 rings (SSSR count). The maximum atomic E-state index is 12.8. The summed E-state index contributed by atoms with van der Waals surface area (Å²) in [6, 6.07) is 0. The molecular formula is C58H109NO7P+. The monoisotopic (exact) mass is 963 g/mol. The van der Waals surface area contributed by atoms with Gasteiger partial charge in [0, 0.05) is 13.0 Å². The van der Waals surface area contributed by atoms with Crippen LogP contribution in [0.15, 0.2) is 60.8 Å². The smallest absolute Gasteiger partial charge is 0.457 e. The lowest BCUT2D eigenvalue weighted by atomic mass is 10.0. The SMILES string of the molecule is CCCCCCC/C=C\C/C=C\C/C=C\CCCCCCCCCOCC(COP(=O)(O)OCC[N+](C)(C)C)OC(=O)CCCCCCCCCCCCC/C=C\C/C=C\CCCCCCC. The Labute approximate surface area is 415 Å². The van der Waals surface area contributed by atoms with E-state index in [1.807, 2.05) is 21.1 Å². The topological polar surface area (TPSA) is 91.3 Å². The van der Waals surface area contributed by atoms with Crippen LogP contribution in [0.4, 0.5) is 0 Å². The zero-order valence-electron chi connectivity index (χ0n) is 44.6. The number of esters is 1. The summed E-state index contributed by atoms with van der Waals surface area (Å²) in [5.74, 6) is -0.318. The number of likely N-dealkylation sites (N-methyl/N-ethyl adjacent to an activating group) is 1. The highest BCUT2D eigenvalue weighted by atomic mass is 31.2. The number of unbranched alkanes of at least 4 members (excludes halogenated alkanes) is 28. The van der Waals surface area contributed by atoms with Gasteiger partial charge in [0.2, 0.25) is 0 Å². The van der Waals surface area contributed by atoms with Crippen molar-refractivity contribution in [2.24, 2.45) is 0 Å². The van der Waals surface area contributed by atoms with Gasteiger partial charge in [0.1, 0.15) is 19.3 Å². The molecule has 0 aliphatic rings. The number of quaternary nitrogens is 1. The summed E-state index contributed by atoms with van der Waals surface area (Å²) in [6.07, 6.45) is 65.6. The number of phosphoric ester groups is 1. The standard InChI is InChI=1S/C58H108NO7P/c1-6-8-10-12-14-16-18-20-22-24-26-28-30-31-33-35-37-39-41-43-45-47-49-51-58(60)66-57(56-65-67(61,62)64-54-52-59(3,4)5)55-63-53-50-48-46-44-42-40-38-36-34-32-29-27-25-23-21-19-17-15-13-11-9-7-2/h18-21,24-27,32,34,57H,6-17,22-23,28-31,33,35-56H2,1-5H3/p+1/b20-18-,21-19-,26-24-,27-25-,34-32-. The van der Waals surface area contributed by atoms with E-state index in [-0.39, 0.29) is 25.8 Å². The third-order valence-electron chi connectivity index (χ3n) is 12.1. The summed E-state index contributed by atoms with van der Waals surface area (Å²) in [5, 5.41) is 0. The molecule has 0 amide bonds. The van der Waals surface area contributed by atoms with Gasteiger partial charge in [-0.1, -0.05) is 216 Å². The number of carbonyl (C=O) groups excluding carboxylic acids is 1. The van der Waals surface area contributed by atoms with Gasteiger partial charge in [0.25, 0.3) is 0 Å². The van der Waals surface area contributed by atoms with E-state index in [2.05, 4.69) is 74.6 Å². The van der Waals surface area contributed by atoms with Crippen LogP contribution in [0.3, 0.4) is 0 Å². The molecule has 9 heteroatoms. The Morgan fingerprint density at radius 1 is 0.463 bits per heavy atom. The van der Waals surface area contributed by atoms with Gasteiger partial charge in [-0.15, -0.1) is 0 Å². The van der Waals surface area contributed by atoms with Crippen molar-refractivity contribution in [3.05, 3.63) is 60.8 Å². The Bertz CT molecular complexity index is 1260. The molecule has 0 aromatic heterocycles. The molecule has 2 atom stereocenters. The quantitative estimate of drug-likeness (QED) is 0.0213. The van der Waals surface area contributed by atoms with Gasteiger partial charge >= 0.3 is 13.8 Å². The van der Waals surface area contributed by atoms with Crippen molar-refractivity contribution in [1.29, 1.82) is 0 Å². The number of phosphoric acid groups is 1. The number of rotatable bonds is 52. The Morgan fingerprint density at radius 3 is 1.22 bits per heavy atom. The Morgan fingerprint density at radius 2 is 0.821 bits per heavy atom. The number of allylic oxidation sites excluding steroid dienone is 10. The fourth-order valence-electron chi connectivity index (χ4n) is 7.71. The van der Waals surface area contributed by atoms with Crippen molar-refractivity contribution >= 4 is 13.8 Å². The van der Waals surface area contributed by atoms with E-state index in [9.17, 15) is 14.3 Å². The van der Waals surface area contributed by atoms with Crippen LogP contribution < -0.4 is 0 Å². The van der Waals surface area contributed by atoms with Crippen LogP contribution in [-0.4, -0.2) is 75.6 Å². The summed E-state index contributed by atoms with van der Waals surface area (Å²) in [5.41, 5.74) is 0. The van der Waals surface area contributed by atoms with Gasteiger partial charge in [0.15, 0.2) is 0 Å². The summed E-state index contributed by atoms with van der Waals surface area (Å²) in [6.45, 7) is 5.60. The summed E-state index contributed by atoms with van der Waals surface area (Å²) >= 11 is 0. The van der Waals surface area contributed by atoms with Gasteiger partial charge in [-0.05, 0) is 83.5 Å². The van der Waals surface area contributed by atoms with Crippen molar-refractivity contribution in [3.63, 3.8) is 0 Å². The second-order valence-electron chi connectivity index (χ2n) is 20.0. The molecule has 0 aliphatic heterocycles. The van der Waals surface area contributed by atoms with E-state index >= 15 is 0 Å².